The van der Waals surface area contributed by atoms with E-state index in [9.17, 15) is 9.59 Å². The lowest BCUT2D eigenvalue weighted by Crippen LogP contribution is -2.20. The number of anilines is 1. The standard InChI is InChI=1S/C20H18N2O3S/c1-2-18(23)15-8-10-16(11-9-15)25-12-19(24)22-20-21-17(13-26-20)14-6-4-3-5-7-14/h3-11,13H,2,12H2,1H3,(H,21,22,24). The fourth-order valence-corrected chi connectivity index (χ4v) is 3.05. The Balaban J connectivity index is 1.53. The van der Waals surface area contributed by atoms with Crippen molar-refractivity contribution in [2.24, 2.45) is 0 Å². The SMILES string of the molecule is CCC(=O)c1ccc(OCC(=O)Nc2nc(-c3ccccc3)cs2)cc1. The van der Waals surface area contributed by atoms with E-state index >= 15 is 0 Å². The van der Waals surface area contributed by atoms with Crippen molar-refractivity contribution in [1.82, 2.24) is 4.98 Å². The molecule has 5 nitrogen and oxygen atoms in total. The van der Waals surface area contributed by atoms with E-state index in [1.165, 1.54) is 11.3 Å². The summed E-state index contributed by atoms with van der Waals surface area (Å²) >= 11 is 1.37. The summed E-state index contributed by atoms with van der Waals surface area (Å²) in [7, 11) is 0. The molecule has 3 aromatic rings. The van der Waals surface area contributed by atoms with Gasteiger partial charge in [0.2, 0.25) is 0 Å². The number of ketones is 1. The molecule has 0 fully saturated rings. The smallest absolute Gasteiger partial charge is 0.264 e. The summed E-state index contributed by atoms with van der Waals surface area (Å²) in [6.07, 6.45) is 0.460. The number of hydrogen-bond donors (Lipinski definition) is 1. The molecule has 1 aromatic heterocycles. The van der Waals surface area contributed by atoms with E-state index in [4.69, 9.17) is 4.74 Å². The predicted octanol–water partition coefficient (Wildman–Crippen LogP) is 4.42. The highest BCUT2D eigenvalue weighted by Gasteiger charge is 2.09. The molecule has 0 aliphatic carbocycles. The third-order valence-electron chi connectivity index (χ3n) is 3.69. The molecule has 0 spiro atoms. The quantitative estimate of drug-likeness (QED) is 0.629. The van der Waals surface area contributed by atoms with Crippen molar-refractivity contribution < 1.29 is 14.3 Å². The Bertz CT molecular complexity index is 889. The molecule has 0 atom stereocenters. The predicted molar refractivity (Wildman–Crippen MR) is 103 cm³/mol. The van der Waals surface area contributed by atoms with Gasteiger partial charge in [0.05, 0.1) is 5.69 Å². The minimum Gasteiger partial charge on any atom is -0.484 e. The lowest BCUT2D eigenvalue weighted by Gasteiger charge is -2.06. The van der Waals surface area contributed by atoms with Crippen molar-refractivity contribution in [3.8, 4) is 17.0 Å². The third-order valence-corrected chi connectivity index (χ3v) is 4.45. The van der Waals surface area contributed by atoms with E-state index in [0.29, 0.717) is 22.9 Å². The number of amides is 1. The number of thiazole rings is 1. The van der Waals surface area contributed by atoms with Gasteiger partial charge in [-0.2, -0.15) is 0 Å². The molecule has 0 saturated heterocycles. The minimum absolute atomic E-state index is 0.0762. The lowest BCUT2D eigenvalue weighted by molar-refractivity contribution is -0.118. The van der Waals surface area contributed by atoms with Gasteiger partial charge in [0.1, 0.15) is 5.75 Å². The molecule has 6 heteroatoms. The van der Waals surface area contributed by atoms with Gasteiger partial charge in [-0.05, 0) is 24.3 Å². The van der Waals surface area contributed by atoms with Crippen molar-refractivity contribution in [3.05, 3.63) is 65.5 Å². The maximum Gasteiger partial charge on any atom is 0.264 e. The molecule has 2 aromatic carbocycles. The zero-order valence-electron chi connectivity index (χ0n) is 14.3. The highest BCUT2D eigenvalue weighted by atomic mass is 32.1. The van der Waals surface area contributed by atoms with Crippen molar-refractivity contribution in [1.29, 1.82) is 0 Å². The van der Waals surface area contributed by atoms with Gasteiger partial charge in [0, 0.05) is 22.9 Å². The average Bonchev–Trinajstić information content (AvgIpc) is 3.15. The topological polar surface area (TPSA) is 68.3 Å². The summed E-state index contributed by atoms with van der Waals surface area (Å²) in [5, 5.41) is 5.16. The van der Waals surface area contributed by atoms with Crippen LogP contribution in [0, 0.1) is 0 Å². The van der Waals surface area contributed by atoms with Gasteiger partial charge < -0.3 is 4.74 Å². The fraction of sp³-hybridized carbons (Fsp3) is 0.150. The van der Waals surface area contributed by atoms with E-state index < -0.39 is 0 Å². The number of nitrogens with zero attached hydrogens (tertiary/aromatic N) is 1. The number of carbonyl (C=O) groups excluding carboxylic acids is 2. The van der Waals surface area contributed by atoms with Crippen LogP contribution in [0.4, 0.5) is 5.13 Å². The van der Waals surface area contributed by atoms with E-state index in [0.717, 1.165) is 11.3 Å². The molecular weight excluding hydrogens is 348 g/mol. The molecule has 0 bridgehead atoms. The molecule has 0 aliphatic rings. The molecule has 0 saturated carbocycles. The number of rotatable bonds is 7. The number of carbonyl (C=O) groups is 2. The van der Waals surface area contributed by atoms with Crippen molar-refractivity contribution in [3.63, 3.8) is 0 Å². The summed E-state index contributed by atoms with van der Waals surface area (Å²) in [5.41, 5.74) is 2.46. The Morgan fingerprint density at radius 3 is 2.50 bits per heavy atom. The van der Waals surface area contributed by atoms with Crippen molar-refractivity contribution in [2.45, 2.75) is 13.3 Å². The number of ether oxygens (including phenoxy) is 1. The van der Waals surface area contributed by atoms with Crippen LogP contribution in [0.5, 0.6) is 5.75 Å². The van der Waals surface area contributed by atoms with Gasteiger partial charge >= 0.3 is 0 Å². The van der Waals surface area contributed by atoms with Crippen LogP contribution in [0.25, 0.3) is 11.3 Å². The Labute approximate surface area is 155 Å². The second-order valence-electron chi connectivity index (χ2n) is 5.54. The van der Waals surface area contributed by atoms with Crippen LogP contribution in [0.3, 0.4) is 0 Å². The first kappa shape index (κ1) is 17.8. The van der Waals surface area contributed by atoms with E-state index in [2.05, 4.69) is 10.3 Å². The Hall–Kier alpha value is -2.99. The van der Waals surface area contributed by atoms with Crippen LogP contribution in [0.15, 0.2) is 60.0 Å². The minimum atomic E-state index is -0.285. The maximum absolute atomic E-state index is 12.0. The first-order chi connectivity index (χ1) is 12.7. The molecule has 0 aliphatic heterocycles. The Morgan fingerprint density at radius 2 is 1.81 bits per heavy atom. The summed E-state index contributed by atoms with van der Waals surface area (Å²) in [5.74, 6) is 0.330. The number of aromatic nitrogens is 1. The number of Topliss-reactive ketones (excluding diaryl/α,β-unsaturated/α-hetero) is 1. The fourth-order valence-electron chi connectivity index (χ4n) is 2.32. The van der Waals surface area contributed by atoms with Crippen LogP contribution in [0.1, 0.15) is 23.7 Å². The molecule has 0 radical (unpaired) electrons. The van der Waals surface area contributed by atoms with Crippen LogP contribution < -0.4 is 10.1 Å². The van der Waals surface area contributed by atoms with Gasteiger partial charge in [-0.15, -0.1) is 11.3 Å². The molecule has 3 rings (SSSR count). The summed E-state index contributed by atoms with van der Waals surface area (Å²) in [6, 6.07) is 16.5. The summed E-state index contributed by atoms with van der Waals surface area (Å²) < 4.78 is 5.45. The zero-order valence-corrected chi connectivity index (χ0v) is 15.1. The normalized spacial score (nSPS) is 10.3. The van der Waals surface area contributed by atoms with Crippen LogP contribution in [0.2, 0.25) is 0 Å². The molecule has 1 heterocycles. The van der Waals surface area contributed by atoms with E-state index in [1.54, 1.807) is 24.3 Å². The number of benzene rings is 2. The van der Waals surface area contributed by atoms with Crippen LogP contribution in [-0.2, 0) is 4.79 Å². The lowest BCUT2D eigenvalue weighted by atomic mass is 10.1. The van der Waals surface area contributed by atoms with E-state index in [1.807, 2.05) is 42.6 Å². The highest BCUT2D eigenvalue weighted by Crippen LogP contribution is 2.24. The van der Waals surface area contributed by atoms with Gasteiger partial charge in [0.15, 0.2) is 17.5 Å². The van der Waals surface area contributed by atoms with Crippen LogP contribution in [-0.4, -0.2) is 23.3 Å². The second-order valence-corrected chi connectivity index (χ2v) is 6.40. The second kappa shape index (κ2) is 8.40. The summed E-state index contributed by atoms with van der Waals surface area (Å²) in [4.78, 5) is 28.0. The van der Waals surface area contributed by atoms with Gasteiger partial charge in [-0.25, -0.2) is 4.98 Å². The number of nitrogens with one attached hydrogen (secondary N) is 1. The van der Waals surface area contributed by atoms with E-state index in [-0.39, 0.29) is 18.3 Å². The molecule has 26 heavy (non-hydrogen) atoms. The summed E-state index contributed by atoms with van der Waals surface area (Å²) in [6.45, 7) is 1.69. The molecule has 1 N–H and O–H groups in total. The van der Waals surface area contributed by atoms with Crippen molar-refractivity contribution in [2.75, 3.05) is 11.9 Å². The van der Waals surface area contributed by atoms with Crippen LogP contribution >= 0.6 is 11.3 Å². The molecule has 1 amide bonds. The zero-order chi connectivity index (χ0) is 18.4. The largest absolute Gasteiger partial charge is 0.484 e. The Kier molecular flexibility index (Phi) is 5.76. The first-order valence-corrected chi connectivity index (χ1v) is 9.10. The van der Waals surface area contributed by atoms with Gasteiger partial charge in [0.25, 0.3) is 5.91 Å². The maximum atomic E-state index is 12.0. The van der Waals surface area contributed by atoms with Gasteiger partial charge in [-0.1, -0.05) is 37.3 Å². The third kappa shape index (κ3) is 4.55. The number of hydrogen-bond acceptors (Lipinski definition) is 5. The molecular formula is C20H18N2O3S. The monoisotopic (exact) mass is 366 g/mol. The van der Waals surface area contributed by atoms with Gasteiger partial charge in [-0.3, -0.25) is 14.9 Å². The highest BCUT2D eigenvalue weighted by molar-refractivity contribution is 7.14. The molecule has 0 unspecified atom stereocenters. The van der Waals surface area contributed by atoms with Crippen molar-refractivity contribution >= 4 is 28.2 Å². The molecule has 132 valence electrons. The average molecular weight is 366 g/mol. The first-order valence-electron chi connectivity index (χ1n) is 8.22. The Morgan fingerprint density at radius 1 is 1.08 bits per heavy atom.